The second-order valence-electron chi connectivity index (χ2n) is 6.01. The normalized spacial score (nSPS) is 10.7. The number of carbonyl (C=O) groups is 2. The highest BCUT2D eigenvalue weighted by Crippen LogP contribution is 2.10. The van der Waals surface area contributed by atoms with Crippen LogP contribution in [-0.2, 0) is 17.9 Å². The minimum absolute atomic E-state index is 0.0998. The van der Waals surface area contributed by atoms with Crippen molar-refractivity contribution in [3.63, 3.8) is 0 Å². The van der Waals surface area contributed by atoms with Crippen LogP contribution >= 0.6 is 0 Å². The number of carboxylic acid groups (broad SMARTS) is 1. The smallest absolute Gasteiger partial charge is 0.338 e. The third-order valence-corrected chi connectivity index (χ3v) is 3.83. The Morgan fingerprint density at radius 2 is 1.81 bits per heavy atom. The monoisotopic (exact) mass is 353 g/mol. The molecule has 0 saturated carbocycles. The predicted molar refractivity (Wildman–Crippen MR) is 94.9 cm³/mol. The highest BCUT2D eigenvalue weighted by Gasteiger charge is 2.09. The van der Waals surface area contributed by atoms with Gasteiger partial charge in [-0.1, -0.05) is 29.8 Å². The number of carbonyl (C=O) groups excluding carboxylic acids is 1. The molecule has 3 aromatic rings. The zero-order chi connectivity index (χ0) is 18.5. The van der Waals surface area contributed by atoms with Crippen molar-refractivity contribution in [2.45, 2.75) is 26.4 Å². The molecule has 2 heterocycles. The fourth-order valence-electron chi connectivity index (χ4n) is 2.43. The van der Waals surface area contributed by atoms with Gasteiger partial charge in [-0.2, -0.15) is 10.2 Å². The first-order valence-corrected chi connectivity index (χ1v) is 8.13. The van der Waals surface area contributed by atoms with Gasteiger partial charge in [0, 0.05) is 25.4 Å². The molecule has 0 spiro atoms. The molecule has 134 valence electrons. The van der Waals surface area contributed by atoms with Gasteiger partial charge in [-0.3, -0.25) is 14.2 Å². The lowest BCUT2D eigenvalue weighted by Gasteiger charge is -2.03. The summed E-state index contributed by atoms with van der Waals surface area (Å²) in [6.45, 7) is 2.97. The molecule has 0 aliphatic carbocycles. The van der Waals surface area contributed by atoms with E-state index >= 15 is 0 Å². The first-order valence-electron chi connectivity index (χ1n) is 8.13. The van der Waals surface area contributed by atoms with Gasteiger partial charge in [0.25, 0.3) is 0 Å². The molecule has 26 heavy (non-hydrogen) atoms. The maximum atomic E-state index is 12.0. The van der Waals surface area contributed by atoms with Crippen molar-refractivity contribution in [3.8, 4) is 0 Å². The van der Waals surface area contributed by atoms with Crippen LogP contribution < -0.4 is 5.32 Å². The van der Waals surface area contributed by atoms with Gasteiger partial charge < -0.3 is 10.4 Å². The van der Waals surface area contributed by atoms with Gasteiger partial charge in [0.15, 0.2) is 0 Å². The number of nitrogens with one attached hydrogen (secondary N) is 1. The van der Waals surface area contributed by atoms with Crippen molar-refractivity contribution in [2.75, 3.05) is 5.32 Å². The number of aryl methyl sites for hydroxylation is 2. The van der Waals surface area contributed by atoms with Crippen molar-refractivity contribution in [1.82, 2.24) is 19.6 Å². The van der Waals surface area contributed by atoms with Crippen molar-refractivity contribution in [3.05, 3.63) is 65.7 Å². The van der Waals surface area contributed by atoms with Crippen LogP contribution in [0.1, 0.15) is 27.9 Å². The molecule has 0 saturated heterocycles. The summed E-state index contributed by atoms with van der Waals surface area (Å²) in [5.74, 6) is -1.23. The Hall–Kier alpha value is -3.42. The van der Waals surface area contributed by atoms with E-state index in [1.807, 2.05) is 31.2 Å². The summed E-state index contributed by atoms with van der Waals surface area (Å²) in [6.07, 6.45) is 6.21. The third kappa shape index (κ3) is 4.56. The minimum Gasteiger partial charge on any atom is -0.478 e. The Morgan fingerprint density at radius 1 is 1.08 bits per heavy atom. The second-order valence-corrected chi connectivity index (χ2v) is 6.01. The van der Waals surface area contributed by atoms with Gasteiger partial charge in [-0.25, -0.2) is 4.79 Å². The number of aromatic carboxylic acids is 1. The average Bonchev–Trinajstić information content (AvgIpc) is 3.25. The van der Waals surface area contributed by atoms with Gasteiger partial charge in [-0.15, -0.1) is 0 Å². The summed E-state index contributed by atoms with van der Waals surface area (Å²) >= 11 is 0. The average molecular weight is 353 g/mol. The number of benzene rings is 1. The van der Waals surface area contributed by atoms with E-state index in [2.05, 4.69) is 15.5 Å². The lowest BCUT2D eigenvalue weighted by atomic mass is 10.1. The molecule has 8 nitrogen and oxygen atoms in total. The van der Waals surface area contributed by atoms with Crippen LogP contribution in [0.4, 0.5) is 5.69 Å². The maximum absolute atomic E-state index is 12.0. The van der Waals surface area contributed by atoms with Gasteiger partial charge in [-0.05, 0) is 12.5 Å². The molecular weight excluding hydrogens is 334 g/mol. The highest BCUT2D eigenvalue weighted by molar-refractivity contribution is 5.90. The molecule has 0 aliphatic rings. The molecule has 8 heteroatoms. The zero-order valence-corrected chi connectivity index (χ0v) is 14.3. The van der Waals surface area contributed by atoms with Crippen molar-refractivity contribution in [2.24, 2.45) is 0 Å². The second kappa shape index (κ2) is 7.64. The van der Waals surface area contributed by atoms with E-state index in [0.29, 0.717) is 18.8 Å². The summed E-state index contributed by atoms with van der Waals surface area (Å²) in [6, 6.07) is 8.19. The summed E-state index contributed by atoms with van der Waals surface area (Å²) in [5, 5.41) is 19.8. The van der Waals surface area contributed by atoms with Crippen LogP contribution in [0.3, 0.4) is 0 Å². The topological polar surface area (TPSA) is 102 Å². The number of amides is 1. The molecule has 1 amide bonds. The lowest BCUT2D eigenvalue weighted by Crippen LogP contribution is -2.14. The van der Waals surface area contributed by atoms with Gasteiger partial charge in [0.05, 0.1) is 30.2 Å². The number of hydrogen-bond acceptors (Lipinski definition) is 4. The molecule has 0 radical (unpaired) electrons. The standard InChI is InChI=1S/C18H19N5O3/c1-13-2-4-14(5-3-13)10-23-12-16(9-20-23)21-17(24)6-7-22-11-15(8-19-22)18(25)26/h2-5,8-9,11-12H,6-7,10H2,1H3,(H,21,24)(H,25,26). The number of hydrogen-bond donors (Lipinski definition) is 2. The van der Waals surface area contributed by atoms with Crippen LogP contribution in [0.5, 0.6) is 0 Å². The van der Waals surface area contributed by atoms with E-state index in [-0.39, 0.29) is 17.9 Å². The van der Waals surface area contributed by atoms with E-state index in [9.17, 15) is 9.59 Å². The van der Waals surface area contributed by atoms with Crippen molar-refractivity contribution < 1.29 is 14.7 Å². The number of rotatable bonds is 7. The highest BCUT2D eigenvalue weighted by atomic mass is 16.4. The lowest BCUT2D eigenvalue weighted by molar-refractivity contribution is -0.116. The fraction of sp³-hybridized carbons (Fsp3) is 0.222. The first-order chi connectivity index (χ1) is 12.5. The van der Waals surface area contributed by atoms with E-state index < -0.39 is 5.97 Å². The number of nitrogens with zero attached hydrogens (tertiary/aromatic N) is 4. The first kappa shape index (κ1) is 17.4. The van der Waals surface area contributed by atoms with Crippen molar-refractivity contribution >= 4 is 17.6 Å². The van der Waals surface area contributed by atoms with E-state index in [0.717, 1.165) is 5.56 Å². The predicted octanol–water partition coefficient (Wildman–Crippen LogP) is 2.16. The summed E-state index contributed by atoms with van der Waals surface area (Å²) in [5.41, 5.74) is 3.05. The molecule has 3 rings (SSSR count). The molecule has 0 unspecified atom stereocenters. The van der Waals surface area contributed by atoms with Crippen molar-refractivity contribution in [1.29, 1.82) is 0 Å². The maximum Gasteiger partial charge on any atom is 0.338 e. The molecule has 0 fully saturated rings. The summed E-state index contributed by atoms with van der Waals surface area (Å²) in [4.78, 5) is 22.8. The van der Waals surface area contributed by atoms with E-state index in [1.54, 1.807) is 17.1 Å². The van der Waals surface area contributed by atoms with Gasteiger partial charge >= 0.3 is 5.97 Å². The Balaban J connectivity index is 1.50. The van der Waals surface area contributed by atoms with Crippen LogP contribution in [0.2, 0.25) is 0 Å². The molecule has 0 atom stereocenters. The molecule has 0 aliphatic heterocycles. The van der Waals surface area contributed by atoms with Crippen LogP contribution in [0.25, 0.3) is 0 Å². The largest absolute Gasteiger partial charge is 0.478 e. The number of anilines is 1. The molecule has 0 bridgehead atoms. The Kier molecular flexibility index (Phi) is 5.12. The zero-order valence-electron chi connectivity index (χ0n) is 14.3. The third-order valence-electron chi connectivity index (χ3n) is 3.83. The fourth-order valence-corrected chi connectivity index (χ4v) is 2.43. The molecule has 2 aromatic heterocycles. The Bertz CT molecular complexity index is 911. The Labute approximate surface area is 150 Å². The van der Waals surface area contributed by atoms with Gasteiger partial charge in [0.2, 0.25) is 5.91 Å². The summed E-state index contributed by atoms with van der Waals surface area (Å²) < 4.78 is 3.19. The minimum atomic E-state index is -1.04. The van der Waals surface area contributed by atoms with Crippen LogP contribution in [0, 0.1) is 6.92 Å². The summed E-state index contributed by atoms with van der Waals surface area (Å²) in [7, 11) is 0. The quantitative estimate of drug-likeness (QED) is 0.678. The van der Waals surface area contributed by atoms with E-state index in [4.69, 9.17) is 5.11 Å². The van der Waals surface area contributed by atoms with Gasteiger partial charge in [0.1, 0.15) is 0 Å². The van der Waals surface area contributed by atoms with Crippen LogP contribution in [-0.4, -0.2) is 36.5 Å². The molecule has 1 aromatic carbocycles. The Morgan fingerprint density at radius 3 is 2.50 bits per heavy atom. The van der Waals surface area contributed by atoms with E-state index in [1.165, 1.54) is 22.6 Å². The van der Waals surface area contributed by atoms with Crippen LogP contribution in [0.15, 0.2) is 49.1 Å². The SMILES string of the molecule is Cc1ccc(Cn2cc(NC(=O)CCn3cc(C(=O)O)cn3)cn2)cc1. The molecule has 2 N–H and O–H groups in total. The molecular formula is C18H19N5O3. The number of aromatic nitrogens is 4. The number of carboxylic acids is 1.